The molecule has 1 aliphatic heterocycles. The Balaban J connectivity index is 1.27. The molecule has 0 aromatic heterocycles. The number of hydrogen-bond donors (Lipinski definition) is 2. The van der Waals surface area contributed by atoms with E-state index in [0.717, 1.165) is 61.2 Å². The van der Waals surface area contributed by atoms with Crippen molar-refractivity contribution in [2.24, 2.45) is 23.7 Å². The second-order valence-corrected chi connectivity index (χ2v) is 10.2. The van der Waals surface area contributed by atoms with Gasteiger partial charge in [-0.1, -0.05) is 19.8 Å². The van der Waals surface area contributed by atoms with Gasteiger partial charge in [-0.3, -0.25) is 14.5 Å². The van der Waals surface area contributed by atoms with E-state index in [1.54, 1.807) is 0 Å². The van der Waals surface area contributed by atoms with E-state index in [1.165, 1.54) is 19.3 Å². The highest BCUT2D eigenvalue weighted by Gasteiger charge is 2.56. The molecule has 2 unspecified atom stereocenters. The van der Waals surface area contributed by atoms with Crippen LogP contribution in [0.5, 0.6) is 0 Å². The molecular formula is C21H31N3O3. The Bertz CT molecular complexity index is 655. The number of rotatable bonds is 3. The molecule has 4 bridgehead atoms. The summed E-state index contributed by atoms with van der Waals surface area (Å²) in [6.07, 6.45) is 10.9. The van der Waals surface area contributed by atoms with Crippen LogP contribution in [0.15, 0.2) is 0 Å². The lowest BCUT2D eigenvalue weighted by Gasteiger charge is -2.56. The van der Waals surface area contributed by atoms with Crippen molar-refractivity contribution < 1.29 is 14.4 Å². The van der Waals surface area contributed by atoms with Gasteiger partial charge in [0.2, 0.25) is 5.91 Å². The van der Waals surface area contributed by atoms with Gasteiger partial charge in [0.1, 0.15) is 12.1 Å². The molecule has 148 valence electrons. The summed E-state index contributed by atoms with van der Waals surface area (Å²) in [4.78, 5) is 39.6. The topological polar surface area (TPSA) is 78.5 Å². The van der Waals surface area contributed by atoms with Crippen LogP contribution in [0.25, 0.3) is 0 Å². The second kappa shape index (κ2) is 5.95. The van der Waals surface area contributed by atoms with Gasteiger partial charge < -0.3 is 10.6 Å². The molecule has 4 amide bonds. The summed E-state index contributed by atoms with van der Waals surface area (Å²) >= 11 is 0. The van der Waals surface area contributed by atoms with Gasteiger partial charge in [-0.15, -0.1) is 0 Å². The van der Waals surface area contributed by atoms with Crippen molar-refractivity contribution in [2.45, 2.75) is 82.2 Å². The van der Waals surface area contributed by atoms with Crippen molar-refractivity contribution >= 4 is 17.8 Å². The van der Waals surface area contributed by atoms with Crippen LogP contribution in [-0.4, -0.2) is 40.4 Å². The highest BCUT2D eigenvalue weighted by Crippen LogP contribution is 2.55. The van der Waals surface area contributed by atoms with E-state index in [-0.39, 0.29) is 29.8 Å². The van der Waals surface area contributed by atoms with Crippen LogP contribution in [0.2, 0.25) is 0 Å². The van der Waals surface area contributed by atoms with E-state index in [4.69, 9.17) is 0 Å². The minimum Gasteiger partial charge on any atom is -0.349 e. The number of urea groups is 1. The predicted molar refractivity (Wildman–Crippen MR) is 99.7 cm³/mol. The van der Waals surface area contributed by atoms with Crippen molar-refractivity contribution in [3.63, 3.8) is 0 Å². The molecular weight excluding hydrogens is 342 g/mol. The summed E-state index contributed by atoms with van der Waals surface area (Å²) in [6.45, 7) is 1.90. The zero-order chi connectivity index (χ0) is 18.8. The lowest BCUT2D eigenvalue weighted by Crippen LogP contribution is -2.61. The molecule has 2 N–H and O–H groups in total. The quantitative estimate of drug-likeness (QED) is 0.747. The fourth-order valence-corrected chi connectivity index (χ4v) is 7.38. The Morgan fingerprint density at radius 3 is 2.33 bits per heavy atom. The van der Waals surface area contributed by atoms with E-state index >= 15 is 0 Å². The molecule has 1 heterocycles. The van der Waals surface area contributed by atoms with Crippen molar-refractivity contribution in [1.29, 1.82) is 0 Å². The van der Waals surface area contributed by atoms with E-state index in [0.29, 0.717) is 6.42 Å². The first-order valence-electron chi connectivity index (χ1n) is 10.8. The summed E-state index contributed by atoms with van der Waals surface area (Å²) in [7, 11) is 0. The fourth-order valence-electron chi connectivity index (χ4n) is 7.38. The molecule has 6 nitrogen and oxygen atoms in total. The summed E-state index contributed by atoms with van der Waals surface area (Å²) in [6, 6.07) is -0.394. The number of nitrogens with zero attached hydrogens (tertiary/aromatic N) is 1. The Morgan fingerprint density at radius 1 is 1.11 bits per heavy atom. The van der Waals surface area contributed by atoms with Crippen LogP contribution in [0, 0.1) is 23.7 Å². The SMILES string of the molecule is CC1CCCCC12NC(=O)N(CC(=O)NC13CC4CC(CC(C4)C1)C3)C2=O. The largest absolute Gasteiger partial charge is 0.349 e. The average molecular weight is 373 g/mol. The number of hydrogen-bond acceptors (Lipinski definition) is 3. The number of amides is 4. The minimum absolute atomic E-state index is 0.0824. The van der Waals surface area contributed by atoms with Gasteiger partial charge in [0, 0.05) is 5.54 Å². The van der Waals surface area contributed by atoms with Gasteiger partial charge in [-0.25, -0.2) is 4.79 Å². The zero-order valence-corrected chi connectivity index (χ0v) is 16.3. The maximum atomic E-state index is 13.1. The normalized spacial score (nSPS) is 45.4. The predicted octanol–water partition coefficient (Wildman–Crippen LogP) is 2.57. The van der Waals surface area contributed by atoms with E-state index in [1.807, 2.05) is 6.92 Å². The first-order chi connectivity index (χ1) is 12.9. The van der Waals surface area contributed by atoms with Gasteiger partial charge in [0.15, 0.2) is 0 Å². The highest BCUT2D eigenvalue weighted by atomic mass is 16.2. The van der Waals surface area contributed by atoms with Crippen LogP contribution in [0.3, 0.4) is 0 Å². The summed E-state index contributed by atoms with van der Waals surface area (Å²) in [5, 5.41) is 6.22. The molecule has 6 rings (SSSR count). The number of imide groups is 1. The molecule has 0 radical (unpaired) electrons. The molecule has 1 spiro atoms. The van der Waals surface area contributed by atoms with Gasteiger partial charge in [0.05, 0.1) is 0 Å². The monoisotopic (exact) mass is 373 g/mol. The molecule has 0 aromatic carbocycles. The summed E-state index contributed by atoms with van der Waals surface area (Å²) in [5.74, 6) is 2.01. The highest BCUT2D eigenvalue weighted by molar-refractivity contribution is 6.09. The van der Waals surface area contributed by atoms with Gasteiger partial charge >= 0.3 is 6.03 Å². The zero-order valence-electron chi connectivity index (χ0n) is 16.3. The number of carbonyl (C=O) groups is 3. The third kappa shape index (κ3) is 2.70. The van der Waals surface area contributed by atoms with Gasteiger partial charge in [0.25, 0.3) is 5.91 Å². The molecule has 6 fully saturated rings. The third-order valence-corrected chi connectivity index (χ3v) is 8.25. The third-order valence-electron chi connectivity index (χ3n) is 8.25. The van der Waals surface area contributed by atoms with Gasteiger partial charge in [-0.05, 0) is 75.0 Å². The lowest BCUT2D eigenvalue weighted by atomic mass is 9.53. The summed E-state index contributed by atoms with van der Waals surface area (Å²) in [5.41, 5.74) is -0.864. The van der Waals surface area contributed by atoms with Crippen LogP contribution in [-0.2, 0) is 9.59 Å². The van der Waals surface area contributed by atoms with Crippen molar-refractivity contribution in [1.82, 2.24) is 15.5 Å². The minimum atomic E-state index is -0.781. The molecule has 1 saturated heterocycles. The molecule has 6 aliphatic rings. The Kier molecular flexibility index (Phi) is 3.86. The van der Waals surface area contributed by atoms with Crippen LogP contribution in [0.4, 0.5) is 4.79 Å². The van der Waals surface area contributed by atoms with Crippen molar-refractivity contribution in [3.8, 4) is 0 Å². The standard InChI is InChI=1S/C21H31N3O3/c1-13-4-2-3-5-21(13)18(26)24(19(27)23-21)12-17(25)22-20-9-14-6-15(10-20)8-16(7-14)11-20/h13-16H,2-12H2,1H3,(H,22,25)(H,23,27). The molecule has 5 aliphatic carbocycles. The molecule has 6 heteroatoms. The lowest BCUT2D eigenvalue weighted by molar-refractivity contribution is -0.138. The van der Waals surface area contributed by atoms with Gasteiger partial charge in [-0.2, -0.15) is 0 Å². The first kappa shape index (κ1) is 17.5. The average Bonchev–Trinajstić information content (AvgIpc) is 2.81. The van der Waals surface area contributed by atoms with Crippen molar-refractivity contribution in [3.05, 3.63) is 0 Å². The smallest absolute Gasteiger partial charge is 0.325 e. The molecule has 27 heavy (non-hydrogen) atoms. The fraction of sp³-hybridized carbons (Fsp3) is 0.857. The maximum Gasteiger partial charge on any atom is 0.325 e. The van der Waals surface area contributed by atoms with Crippen molar-refractivity contribution in [2.75, 3.05) is 6.54 Å². The Labute approximate surface area is 160 Å². The van der Waals surface area contributed by atoms with E-state index in [2.05, 4.69) is 10.6 Å². The molecule has 0 aromatic rings. The van der Waals surface area contributed by atoms with E-state index < -0.39 is 11.6 Å². The summed E-state index contributed by atoms with van der Waals surface area (Å²) < 4.78 is 0. The van der Waals surface area contributed by atoms with Crippen LogP contribution < -0.4 is 10.6 Å². The maximum absolute atomic E-state index is 13.1. The number of nitrogens with one attached hydrogen (secondary N) is 2. The Morgan fingerprint density at radius 2 is 1.74 bits per heavy atom. The molecule has 2 atom stereocenters. The van der Waals surface area contributed by atoms with E-state index in [9.17, 15) is 14.4 Å². The Hall–Kier alpha value is -1.59. The first-order valence-corrected chi connectivity index (χ1v) is 10.8. The molecule has 5 saturated carbocycles. The van der Waals surface area contributed by atoms with Crippen LogP contribution in [0.1, 0.15) is 71.1 Å². The second-order valence-electron chi connectivity index (χ2n) is 10.2. The number of carbonyl (C=O) groups excluding carboxylic acids is 3. The van der Waals surface area contributed by atoms with Crippen LogP contribution >= 0.6 is 0 Å².